The van der Waals surface area contributed by atoms with Crippen LogP contribution in [0.5, 0.6) is 0 Å². The molecule has 1 saturated carbocycles. The van der Waals surface area contributed by atoms with Gasteiger partial charge in [0.05, 0.1) is 0 Å². The number of carboxylic acids is 1. The number of alkyl halides is 1. The van der Waals surface area contributed by atoms with Crippen LogP contribution in [-0.4, -0.2) is 51.3 Å². The summed E-state index contributed by atoms with van der Waals surface area (Å²) >= 11 is 5.64. The Morgan fingerprint density at radius 1 is 1.62 bits per heavy atom. The van der Waals surface area contributed by atoms with E-state index in [4.69, 9.17) is 16.7 Å². The molecule has 0 spiro atoms. The number of hydrogen-bond acceptors (Lipinski definition) is 4. The third-order valence-corrected chi connectivity index (χ3v) is 7.46. The summed E-state index contributed by atoms with van der Waals surface area (Å²) in [7, 11) is -3.68. The number of sulfone groups is 1. The molecule has 0 aromatic heterocycles. The number of β-lactam (4-membered cyclic amide) rings is 1. The molecule has 2 aliphatic heterocycles. The largest absolute Gasteiger partial charge is 0.479 e. The van der Waals surface area contributed by atoms with E-state index in [1.807, 2.05) is 0 Å². The Morgan fingerprint density at radius 2 is 2.19 bits per heavy atom. The van der Waals surface area contributed by atoms with Crippen molar-refractivity contribution in [1.29, 1.82) is 0 Å². The Bertz CT molecular complexity index is 545. The molecule has 6 nitrogen and oxygen atoms in total. The van der Waals surface area contributed by atoms with Crippen LogP contribution >= 0.6 is 11.6 Å². The second kappa shape index (κ2) is 2.24. The van der Waals surface area contributed by atoms with Gasteiger partial charge in [-0.2, -0.15) is 0 Å². The Kier molecular flexibility index (Phi) is 1.45. The number of fused-ring (bicyclic) bond motifs is 3. The fourth-order valence-corrected chi connectivity index (χ4v) is 6.14. The first-order chi connectivity index (χ1) is 7.22. The standard InChI is InChI=1S/C8H8ClNO5S/c1-7-2-8(7,6(12)13)10-4(11)3(9)5(10)16(7,14)15/h3,5H,2H2,1H3,(H,12,13)/t3-,5+,7-,8-/m0/s1. The summed E-state index contributed by atoms with van der Waals surface area (Å²) in [6, 6.07) is 0. The second-order valence-corrected chi connectivity index (χ2v) is 7.56. The van der Waals surface area contributed by atoms with Crippen LogP contribution in [0.2, 0.25) is 0 Å². The number of nitrogens with zero attached hydrogens (tertiary/aromatic N) is 1. The van der Waals surface area contributed by atoms with Gasteiger partial charge in [-0.05, 0) is 6.92 Å². The van der Waals surface area contributed by atoms with E-state index in [9.17, 15) is 18.0 Å². The van der Waals surface area contributed by atoms with Crippen molar-refractivity contribution < 1.29 is 23.1 Å². The van der Waals surface area contributed by atoms with Crippen molar-refractivity contribution in [3.8, 4) is 0 Å². The lowest BCUT2D eigenvalue weighted by atomic mass is 10.1. The summed E-state index contributed by atoms with van der Waals surface area (Å²) in [5, 5.41) is 6.85. The van der Waals surface area contributed by atoms with Crippen LogP contribution in [-0.2, 0) is 19.4 Å². The van der Waals surface area contributed by atoms with E-state index < -0.39 is 42.8 Å². The molecule has 0 radical (unpaired) electrons. The van der Waals surface area contributed by atoms with Gasteiger partial charge in [-0.25, -0.2) is 13.2 Å². The van der Waals surface area contributed by atoms with E-state index in [-0.39, 0.29) is 6.42 Å². The van der Waals surface area contributed by atoms with Gasteiger partial charge in [-0.3, -0.25) is 4.79 Å². The number of aliphatic carboxylic acids is 1. The molecule has 88 valence electrons. The van der Waals surface area contributed by atoms with Crippen molar-refractivity contribution in [2.75, 3.05) is 0 Å². The molecular weight excluding hydrogens is 258 g/mol. The van der Waals surface area contributed by atoms with Crippen molar-refractivity contribution >= 4 is 33.3 Å². The second-order valence-electron chi connectivity index (χ2n) is 4.62. The highest BCUT2D eigenvalue weighted by atomic mass is 35.5. The molecule has 0 bridgehead atoms. The molecule has 1 amide bonds. The first-order valence-corrected chi connectivity index (χ1v) is 6.64. The van der Waals surface area contributed by atoms with Gasteiger partial charge in [0.25, 0.3) is 0 Å². The molecule has 2 saturated heterocycles. The third-order valence-electron chi connectivity index (χ3n) is 4.03. The maximum absolute atomic E-state index is 12.0. The minimum absolute atomic E-state index is 0.0382. The molecule has 0 unspecified atom stereocenters. The number of amides is 1. The molecule has 3 fully saturated rings. The van der Waals surface area contributed by atoms with Crippen LogP contribution in [0, 0.1) is 0 Å². The summed E-state index contributed by atoms with van der Waals surface area (Å²) in [5.74, 6) is -1.86. The van der Waals surface area contributed by atoms with Crippen molar-refractivity contribution in [3.05, 3.63) is 0 Å². The van der Waals surface area contributed by atoms with Crippen molar-refractivity contribution in [1.82, 2.24) is 4.90 Å². The van der Waals surface area contributed by atoms with Gasteiger partial charge in [0.1, 0.15) is 10.1 Å². The molecule has 3 aliphatic rings. The maximum atomic E-state index is 12.0. The molecular formula is C8H8ClNO5S. The molecule has 2 heterocycles. The van der Waals surface area contributed by atoms with Crippen LogP contribution < -0.4 is 0 Å². The Labute approximate surface area is 96.1 Å². The van der Waals surface area contributed by atoms with Gasteiger partial charge < -0.3 is 10.0 Å². The highest BCUT2D eigenvalue weighted by Gasteiger charge is 2.91. The number of carbonyl (C=O) groups excluding carboxylic acids is 1. The zero-order chi connectivity index (χ0) is 12.1. The summed E-state index contributed by atoms with van der Waals surface area (Å²) in [6.07, 6.45) is -0.0382. The number of rotatable bonds is 1. The van der Waals surface area contributed by atoms with Crippen LogP contribution in [0.1, 0.15) is 13.3 Å². The normalized spacial score (nSPS) is 51.6. The van der Waals surface area contributed by atoms with E-state index in [1.165, 1.54) is 6.92 Å². The molecule has 0 aromatic rings. The molecule has 4 atom stereocenters. The van der Waals surface area contributed by atoms with Gasteiger partial charge in [0, 0.05) is 6.42 Å². The first kappa shape index (κ1) is 10.3. The fourth-order valence-electron chi connectivity index (χ4n) is 2.92. The lowest BCUT2D eigenvalue weighted by Gasteiger charge is -2.42. The van der Waals surface area contributed by atoms with E-state index in [1.54, 1.807) is 0 Å². The molecule has 0 aromatic carbocycles. The predicted molar refractivity (Wildman–Crippen MR) is 52.6 cm³/mol. The smallest absolute Gasteiger partial charge is 0.331 e. The third kappa shape index (κ3) is 0.642. The number of carboxylic acid groups (broad SMARTS) is 1. The molecule has 8 heteroatoms. The van der Waals surface area contributed by atoms with Gasteiger partial charge in [0.15, 0.2) is 20.8 Å². The van der Waals surface area contributed by atoms with E-state index in [0.717, 1.165) is 4.90 Å². The van der Waals surface area contributed by atoms with Crippen LogP contribution in [0.3, 0.4) is 0 Å². The topological polar surface area (TPSA) is 91.8 Å². The Hall–Kier alpha value is -0.820. The lowest BCUT2D eigenvalue weighted by molar-refractivity contribution is -0.159. The zero-order valence-corrected chi connectivity index (χ0v) is 9.75. The predicted octanol–water partition coefficient (Wildman–Crippen LogP) is -0.824. The monoisotopic (exact) mass is 265 g/mol. The average molecular weight is 266 g/mol. The van der Waals surface area contributed by atoms with Crippen molar-refractivity contribution in [2.45, 2.75) is 34.4 Å². The average Bonchev–Trinajstić information content (AvgIpc) is 2.78. The SMILES string of the molecule is C[C@]12C[C@@]1(C(=O)O)N1C(=O)[C@H](Cl)[C@H]1S2(=O)=O. The minimum Gasteiger partial charge on any atom is -0.479 e. The van der Waals surface area contributed by atoms with Gasteiger partial charge >= 0.3 is 5.97 Å². The number of halogens is 1. The van der Waals surface area contributed by atoms with Gasteiger partial charge in [-0.1, -0.05) is 0 Å². The summed E-state index contributed by atoms with van der Waals surface area (Å²) in [4.78, 5) is 23.6. The van der Waals surface area contributed by atoms with Gasteiger partial charge in [0.2, 0.25) is 5.91 Å². The molecule has 1 aliphatic carbocycles. The van der Waals surface area contributed by atoms with Gasteiger partial charge in [-0.15, -0.1) is 11.6 Å². The fraction of sp³-hybridized carbons (Fsp3) is 0.750. The van der Waals surface area contributed by atoms with E-state index in [0.29, 0.717) is 0 Å². The van der Waals surface area contributed by atoms with Crippen molar-refractivity contribution in [3.63, 3.8) is 0 Å². The molecule has 1 N–H and O–H groups in total. The summed E-state index contributed by atoms with van der Waals surface area (Å²) in [5.41, 5.74) is -1.57. The highest BCUT2D eigenvalue weighted by Crippen LogP contribution is 2.68. The van der Waals surface area contributed by atoms with E-state index >= 15 is 0 Å². The van der Waals surface area contributed by atoms with E-state index in [2.05, 4.69) is 0 Å². The molecule has 16 heavy (non-hydrogen) atoms. The van der Waals surface area contributed by atoms with Crippen LogP contribution in [0.4, 0.5) is 0 Å². The summed E-state index contributed by atoms with van der Waals surface area (Å²) in [6.45, 7) is 1.37. The van der Waals surface area contributed by atoms with Crippen LogP contribution in [0.15, 0.2) is 0 Å². The number of carbonyl (C=O) groups is 2. The minimum atomic E-state index is -3.68. The maximum Gasteiger partial charge on any atom is 0.331 e. The first-order valence-electron chi connectivity index (χ1n) is 4.66. The van der Waals surface area contributed by atoms with Crippen molar-refractivity contribution in [2.24, 2.45) is 0 Å². The quantitative estimate of drug-likeness (QED) is 0.494. The zero-order valence-electron chi connectivity index (χ0n) is 8.18. The molecule has 3 rings (SSSR count). The Morgan fingerprint density at radius 3 is 2.69 bits per heavy atom. The Balaban J connectivity index is 2.23. The highest BCUT2D eigenvalue weighted by molar-refractivity contribution is 7.94. The van der Waals surface area contributed by atoms with Crippen LogP contribution in [0.25, 0.3) is 0 Å². The lowest BCUT2D eigenvalue weighted by Crippen LogP contribution is -2.67. The number of hydrogen-bond donors (Lipinski definition) is 1. The summed E-state index contributed by atoms with van der Waals surface area (Å²) < 4.78 is 22.7.